The lowest BCUT2D eigenvalue weighted by Gasteiger charge is -2.30. The van der Waals surface area contributed by atoms with Gasteiger partial charge in [-0.1, -0.05) is 11.8 Å². The Morgan fingerprint density at radius 1 is 1.48 bits per heavy atom. The smallest absolute Gasteiger partial charge is 0.227 e. The molecule has 4 N–H and O–H groups in total. The highest BCUT2D eigenvalue weighted by molar-refractivity contribution is 7.99. The first kappa shape index (κ1) is 14.6. The Balaban J connectivity index is 2.04. The zero-order chi connectivity index (χ0) is 15.2. The summed E-state index contributed by atoms with van der Waals surface area (Å²) in [6, 6.07) is 0. The average molecular weight is 324 g/mol. The first-order chi connectivity index (χ1) is 9.85. The molecular formula is C13H16N4O2S2. The van der Waals surface area contributed by atoms with Crippen molar-refractivity contribution in [3.8, 4) is 0 Å². The van der Waals surface area contributed by atoms with Crippen LogP contribution in [0.5, 0.6) is 0 Å². The summed E-state index contributed by atoms with van der Waals surface area (Å²) in [5.74, 6) is 0.205. The van der Waals surface area contributed by atoms with Crippen molar-refractivity contribution in [2.75, 3.05) is 11.5 Å². The van der Waals surface area contributed by atoms with Gasteiger partial charge in [-0.25, -0.2) is 9.97 Å². The molecule has 3 rings (SSSR count). The highest BCUT2D eigenvalue weighted by atomic mass is 32.2. The van der Waals surface area contributed by atoms with Crippen molar-refractivity contribution in [1.82, 2.24) is 9.97 Å². The van der Waals surface area contributed by atoms with Gasteiger partial charge in [0.25, 0.3) is 0 Å². The first-order valence-corrected chi connectivity index (χ1v) is 8.29. The van der Waals surface area contributed by atoms with Crippen molar-refractivity contribution in [2.45, 2.75) is 37.6 Å². The summed E-state index contributed by atoms with van der Waals surface area (Å²) in [4.78, 5) is 21.6. The maximum absolute atomic E-state index is 10.9. The van der Waals surface area contributed by atoms with Crippen LogP contribution in [0.15, 0.2) is 5.16 Å². The molecule has 0 unspecified atom stereocenters. The summed E-state index contributed by atoms with van der Waals surface area (Å²) in [6.45, 7) is 4.70. The molecule has 0 bridgehead atoms. The molecule has 0 aromatic carbocycles. The Bertz CT molecular complexity index is 727. The summed E-state index contributed by atoms with van der Waals surface area (Å²) in [5.41, 5.74) is 12.2. The minimum absolute atomic E-state index is 0.145. The lowest BCUT2D eigenvalue weighted by Crippen LogP contribution is -2.31. The third-order valence-corrected chi connectivity index (χ3v) is 5.25. The second-order valence-electron chi connectivity index (χ2n) is 5.56. The third kappa shape index (κ3) is 2.83. The van der Waals surface area contributed by atoms with E-state index in [1.165, 1.54) is 17.3 Å². The fraction of sp³-hybridized carbons (Fsp3) is 0.462. The molecule has 0 fully saturated rings. The van der Waals surface area contributed by atoms with E-state index in [2.05, 4.69) is 23.8 Å². The van der Waals surface area contributed by atoms with Crippen LogP contribution in [0.4, 0.5) is 5.82 Å². The van der Waals surface area contributed by atoms with Crippen LogP contribution in [0, 0.1) is 0 Å². The van der Waals surface area contributed by atoms with Crippen molar-refractivity contribution in [3.05, 3.63) is 10.4 Å². The summed E-state index contributed by atoms with van der Waals surface area (Å²) in [5, 5.41) is 1.41. The third-order valence-electron chi connectivity index (χ3n) is 3.28. The van der Waals surface area contributed by atoms with Gasteiger partial charge >= 0.3 is 0 Å². The summed E-state index contributed by atoms with van der Waals surface area (Å²) in [6.07, 6.45) is 0.795. The Morgan fingerprint density at radius 2 is 2.24 bits per heavy atom. The van der Waals surface area contributed by atoms with Gasteiger partial charge in [0, 0.05) is 11.3 Å². The average Bonchev–Trinajstić information content (AvgIpc) is 2.73. The Kier molecular flexibility index (Phi) is 3.54. The molecule has 2 aromatic heterocycles. The zero-order valence-corrected chi connectivity index (χ0v) is 13.4. The number of aromatic nitrogens is 2. The van der Waals surface area contributed by atoms with E-state index in [1.54, 1.807) is 11.3 Å². The number of hydrogen-bond acceptors (Lipinski definition) is 7. The highest BCUT2D eigenvalue weighted by Crippen LogP contribution is 2.40. The molecule has 1 aliphatic rings. The van der Waals surface area contributed by atoms with Crippen LogP contribution >= 0.6 is 23.1 Å². The van der Waals surface area contributed by atoms with Crippen LogP contribution in [0.3, 0.4) is 0 Å². The molecule has 0 radical (unpaired) electrons. The Hall–Kier alpha value is -1.38. The number of hydrogen-bond donors (Lipinski definition) is 2. The van der Waals surface area contributed by atoms with Crippen molar-refractivity contribution >= 4 is 45.0 Å². The monoisotopic (exact) mass is 324 g/mol. The van der Waals surface area contributed by atoms with Crippen LogP contribution in [0.25, 0.3) is 10.2 Å². The number of anilines is 1. The summed E-state index contributed by atoms with van der Waals surface area (Å²) in [7, 11) is 0. The van der Waals surface area contributed by atoms with Gasteiger partial charge in [0.15, 0.2) is 5.16 Å². The topological polar surface area (TPSA) is 104 Å². The summed E-state index contributed by atoms with van der Waals surface area (Å²) < 4.78 is 5.83. The predicted octanol–water partition coefficient (Wildman–Crippen LogP) is 1.70. The molecule has 0 atom stereocenters. The number of fused-ring (bicyclic) bond motifs is 3. The highest BCUT2D eigenvalue weighted by Gasteiger charge is 2.30. The maximum atomic E-state index is 10.9. The first-order valence-electron chi connectivity index (χ1n) is 6.48. The van der Waals surface area contributed by atoms with Gasteiger partial charge in [0.2, 0.25) is 5.91 Å². The molecule has 0 aliphatic carbocycles. The van der Waals surface area contributed by atoms with E-state index in [4.69, 9.17) is 16.2 Å². The van der Waals surface area contributed by atoms with Gasteiger partial charge in [-0.2, -0.15) is 0 Å². The number of amides is 1. The fourth-order valence-corrected chi connectivity index (χ4v) is 4.11. The molecule has 2 aromatic rings. The van der Waals surface area contributed by atoms with Crippen LogP contribution < -0.4 is 11.5 Å². The van der Waals surface area contributed by atoms with Crippen molar-refractivity contribution in [3.63, 3.8) is 0 Å². The number of ether oxygens (including phenoxy) is 1. The van der Waals surface area contributed by atoms with Gasteiger partial charge < -0.3 is 16.2 Å². The van der Waals surface area contributed by atoms with E-state index in [0.717, 1.165) is 21.5 Å². The largest absolute Gasteiger partial charge is 0.383 e. The van der Waals surface area contributed by atoms with Crippen LogP contribution in [0.2, 0.25) is 0 Å². The van der Waals surface area contributed by atoms with Gasteiger partial charge in [-0.15, -0.1) is 11.3 Å². The van der Waals surface area contributed by atoms with E-state index in [-0.39, 0.29) is 11.4 Å². The van der Waals surface area contributed by atoms with E-state index in [0.29, 0.717) is 17.6 Å². The van der Waals surface area contributed by atoms with Crippen molar-refractivity contribution in [1.29, 1.82) is 0 Å². The normalized spacial score (nSPS) is 16.9. The second-order valence-corrected chi connectivity index (χ2v) is 7.58. The second kappa shape index (κ2) is 5.11. The van der Waals surface area contributed by atoms with E-state index < -0.39 is 5.91 Å². The molecule has 6 nitrogen and oxygen atoms in total. The molecule has 21 heavy (non-hydrogen) atoms. The number of primary amides is 1. The molecule has 0 saturated heterocycles. The lowest BCUT2D eigenvalue weighted by molar-refractivity contribution is -0.115. The number of carbonyl (C=O) groups excluding carboxylic acids is 1. The minimum Gasteiger partial charge on any atom is -0.383 e. The van der Waals surface area contributed by atoms with Gasteiger partial charge in [-0.05, 0) is 19.4 Å². The molecule has 1 amide bonds. The summed E-state index contributed by atoms with van der Waals surface area (Å²) >= 11 is 2.78. The van der Waals surface area contributed by atoms with Crippen LogP contribution in [-0.2, 0) is 22.6 Å². The number of nitrogen functional groups attached to an aromatic ring is 1. The van der Waals surface area contributed by atoms with Crippen molar-refractivity contribution < 1.29 is 9.53 Å². The van der Waals surface area contributed by atoms with Gasteiger partial charge in [0.1, 0.15) is 10.6 Å². The van der Waals surface area contributed by atoms with Crippen LogP contribution in [-0.4, -0.2) is 27.2 Å². The Labute approximate surface area is 130 Å². The molecule has 112 valence electrons. The quantitative estimate of drug-likeness (QED) is 0.658. The molecule has 1 aliphatic heterocycles. The number of thiophene rings is 1. The maximum Gasteiger partial charge on any atom is 0.227 e. The minimum atomic E-state index is -0.400. The van der Waals surface area contributed by atoms with E-state index >= 15 is 0 Å². The number of thioether (sulfide) groups is 1. The fourth-order valence-electron chi connectivity index (χ4n) is 2.35. The van der Waals surface area contributed by atoms with E-state index in [9.17, 15) is 4.79 Å². The number of rotatable bonds is 3. The standard InChI is InChI=1S/C13H16N4O2S2/c1-13(2)3-6-7(4-19-13)21-11-9(6)10(15)16-12(17-11)20-5-8(14)18/h3-5H2,1-2H3,(H2,14,18)(H2,15,16,17). The molecular weight excluding hydrogens is 308 g/mol. The molecule has 0 saturated carbocycles. The number of nitrogens with zero attached hydrogens (tertiary/aromatic N) is 2. The molecule has 3 heterocycles. The molecule has 0 spiro atoms. The van der Waals surface area contributed by atoms with Gasteiger partial charge in [-0.3, -0.25) is 4.79 Å². The van der Waals surface area contributed by atoms with Crippen LogP contribution in [0.1, 0.15) is 24.3 Å². The van der Waals surface area contributed by atoms with Gasteiger partial charge in [0.05, 0.1) is 23.3 Å². The number of carbonyl (C=O) groups is 1. The molecule has 8 heteroatoms. The predicted molar refractivity (Wildman–Crippen MR) is 84.3 cm³/mol. The Morgan fingerprint density at radius 3 is 2.95 bits per heavy atom. The number of nitrogens with two attached hydrogens (primary N) is 2. The SMILES string of the molecule is CC1(C)Cc2c(sc3nc(SCC(N)=O)nc(N)c23)CO1. The van der Waals surface area contributed by atoms with Crippen molar-refractivity contribution in [2.24, 2.45) is 5.73 Å². The van der Waals surface area contributed by atoms with E-state index in [1.807, 2.05) is 0 Å². The zero-order valence-electron chi connectivity index (χ0n) is 11.8. The lowest BCUT2D eigenvalue weighted by atomic mass is 9.94.